The molecule has 0 radical (unpaired) electrons. The zero-order valence-corrected chi connectivity index (χ0v) is 45.8. The highest BCUT2D eigenvalue weighted by Crippen LogP contribution is 2.52. The Morgan fingerprint density at radius 1 is 0.282 bits per heavy atom. The van der Waals surface area contributed by atoms with E-state index in [0.717, 1.165) is 122 Å². The van der Waals surface area contributed by atoms with E-state index in [1.165, 1.54) is 22.3 Å². The molecule has 0 spiro atoms. The van der Waals surface area contributed by atoms with Gasteiger partial charge in [0.2, 0.25) is 0 Å². The highest BCUT2D eigenvalue weighted by atomic mass is 16.3. The fraction of sp³-hybridized carbons (Fsp3) is 0.162. The third kappa shape index (κ3) is 8.57. The van der Waals surface area contributed by atoms with E-state index in [1.807, 2.05) is 0 Å². The van der Waals surface area contributed by atoms with E-state index in [4.69, 9.17) is 8.83 Å². The van der Waals surface area contributed by atoms with Crippen LogP contribution in [-0.2, 0) is 0 Å². The quantitative estimate of drug-likeness (QED) is 0.122. The van der Waals surface area contributed by atoms with Gasteiger partial charge in [-0.15, -0.1) is 0 Å². The van der Waals surface area contributed by atoms with Crippen molar-refractivity contribution in [1.29, 1.82) is 0 Å². The molecule has 11 aromatic carbocycles. The van der Waals surface area contributed by atoms with Crippen molar-refractivity contribution in [2.75, 3.05) is 9.80 Å². The van der Waals surface area contributed by atoms with Crippen LogP contribution in [0.2, 0.25) is 0 Å². The van der Waals surface area contributed by atoms with Gasteiger partial charge >= 0.3 is 0 Å². The summed E-state index contributed by atoms with van der Waals surface area (Å²) >= 11 is 0. The van der Waals surface area contributed by atoms with Gasteiger partial charge in [-0.2, -0.15) is 0 Å². The Bertz CT molecular complexity index is 3990. The summed E-state index contributed by atoms with van der Waals surface area (Å²) in [5.41, 5.74) is 19.4. The molecule has 0 fully saturated rings. The standard InChI is InChI=1S/C74H64N2O2/c1-45(2)49-19-29-59(30-20-49)75(60-31-21-50(22-32-60)46(3)4)63-37-27-55-41-65-67(43-57(55)39-63)77-73-70(54-17-13-10-14-18-54)74-72(69(71(65)73)53-15-11-9-12-16-53)66-42-56-28-38-64(40-58(56)44-68(66)78-74)76(61-33-23-51(24-34-61)47(5)6)62-35-25-52(26-36-62)48(7)8/h9-48H,1-8H3. The number of fused-ring (bicyclic) bond motifs is 8. The molecule has 13 rings (SSSR count). The van der Waals surface area contributed by atoms with Crippen LogP contribution < -0.4 is 9.80 Å². The van der Waals surface area contributed by atoms with Crippen molar-refractivity contribution in [2.24, 2.45) is 0 Å². The number of nitrogens with zero attached hydrogens (tertiary/aromatic N) is 2. The van der Waals surface area contributed by atoms with Gasteiger partial charge in [0.25, 0.3) is 0 Å². The smallest absolute Gasteiger partial charge is 0.147 e. The summed E-state index contributed by atoms with van der Waals surface area (Å²) in [7, 11) is 0. The second kappa shape index (κ2) is 19.6. The Labute approximate surface area is 457 Å². The molecule has 0 N–H and O–H groups in total. The van der Waals surface area contributed by atoms with E-state index in [2.05, 4.69) is 284 Å². The topological polar surface area (TPSA) is 32.8 Å². The van der Waals surface area contributed by atoms with Gasteiger partial charge in [-0.1, -0.05) is 177 Å². The average Bonchev–Trinajstić information content (AvgIpc) is 4.14. The van der Waals surface area contributed by atoms with Gasteiger partial charge < -0.3 is 18.6 Å². The first kappa shape index (κ1) is 48.8. The normalized spacial score (nSPS) is 12.1. The van der Waals surface area contributed by atoms with Crippen molar-refractivity contribution in [2.45, 2.75) is 79.1 Å². The minimum absolute atomic E-state index is 0.445. The van der Waals surface area contributed by atoms with Crippen LogP contribution in [0.5, 0.6) is 0 Å². The second-order valence-corrected chi connectivity index (χ2v) is 22.5. The van der Waals surface area contributed by atoms with Gasteiger partial charge in [0.05, 0.1) is 5.56 Å². The predicted molar refractivity (Wildman–Crippen MR) is 333 cm³/mol. The van der Waals surface area contributed by atoms with Crippen LogP contribution in [0.15, 0.2) is 227 Å². The van der Waals surface area contributed by atoms with E-state index < -0.39 is 0 Å². The number of benzene rings is 11. The molecule has 78 heavy (non-hydrogen) atoms. The maximum atomic E-state index is 7.32. The van der Waals surface area contributed by atoms with E-state index in [1.54, 1.807) is 0 Å². The molecule has 4 heteroatoms. The minimum Gasteiger partial charge on any atom is -0.455 e. The minimum atomic E-state index is 0.445. The lowest BCUT2D eigenvalue weighted by atomic mass is 9.89. The molecule has 0 saturated carbocycles. The van der Waals surface area contributed by atoms with Crippen LogP contribution in [-0.4, -0.2) is 0 Å². The summed E-state index contributed by atoms with van der Waals surface area (Å²) in [6.07, 6.45) is 0. The van der Waals surface area contributed by atoms with Crippen LogP contribution in [0.1, 0.15) is 101 Å². The first-order valence-corrected chi connectivity index (χ1v) is 27.8. The Balaban J connectivity index is 1.02. The number of hydrogen-bond acceptors (Lipinski definition) is 4. The van der Waals surface area contributed by atoms with E-state index in [0.29, 0.717) is 23.7 Å². The van der Waals surface area contributed by atoms with Crippen LogP contribution in [0.4, 0.5) is 34.1 Å². The number of rotatable bonds is 12. The van der Waals surface area contributed by atoms with Crippen molar-refractivity contribution in [1.82, 2.24) is 0 Å². The van der Waals surface area contributed by atoms with Crippen molar-refractivity contribution in [3.8, 4) is 22.3 Å². The second-order valence-electron chi connectivity index (χ2n) is 22.5. The molecule has 0 saturated heterocycles. The van der Waals surface area contributed by atoms with Crippen LogP contribution in [0, 0.1) is 0 Å². The van der Waals surface area contributed by atoms with E-state index in [9.17, 15) is 0 Å². The molecular weight excluding hydrogens is 949 g/mol. The van der Waals surface area contributed by atoms with Gasteiger partial charge in [0.1, 0.15) is 22.3 Å². The summed E-state index contributed by atoms with van der Waals surface area (Å²) in [6, 6.07) is 80.4. The molecular formula is C74H64N2O2. The molecule has 2 heterocycles. The fourth-order valence-corrected chi connectivity index (χ4v) is 11.7. The first-order chi connectivity index (χ1) is 37.9. The van der Waals surface area contributed by atoms with Gasteiger partial charge in [-0.25, -0.2) is 0 Å². The first-order valence-electron chi connectivity index (χ1n) is 27.8. The number of anilines is 6. The zero-order chi connectivity index (χ0) is 53.3. The third-order valence-corrected chi connectivity index (χ3v) is 16.1. The lowest BCUT2D eigenvalue weighted by Crippen LogP contribution is -2.10. The lowest BCUT2D eigenvalue weighted by molar-refractivity contribution is 0.658. The number of furan rings is 2. The molecule has 0 amide bonds. The molecule has 13 aromatic rings. The highest BCUT2D eigenvalue weighted by Gasteiger charge is 2.28. The predicted octanol–water partition coefficient (Wildman–Crippen LogP) is 22.6. The highest BCUT2D eigenvalue weighted by molar-refractivity contribution is 6.31. The van der Waals surface area contributed by atoms with Crippen molar-refractivity contribution in [3.63, 3.8) is 0 Å². The maximum absolute atomic E-state index is 7.32. The van der Waals surface area contributed by atoms with Crippen LogP contribution in [0.25, 0.3) is 87.7 Å². The summed E-state index contributed by atoms with van der Waals surface area (Å²) in [6.45, 7) is 18.0. The fourth-order valence-electron chi connectivity index (χ4n) is 11.7. The molecule has 2 aromatic heterocycles. The SMILES string of the molecule is CC(C)c1ccc(N(c2ccc(C(C)C)cc2)c2ccc3cc4c(cc3c2)oc2c(-c3ccccc3)c3oc5cc6cc(N(c7ccc(C(C)C)cc7)c7ccc(C(C)C)cc7)ccc6cc5c3c(-c3ccccc3)c24)cc1. The molecule has 0 aliphatic heterocycles. The van der Waals surface area contributed by atoms with Crippen LogP contribution >= 0.6 is 0 Å². The Kier molecular flexibility index (Phi) is 12.3. The molecule has 0 aliphatic carbocycles. The van der Waals surface area contributed by atoms with Gasteiger partial charge in [0.15, 0.2) is 0 Å². The third-order valence-electron chi connectivity index (χ3n) is 16.1. The average molecular weight is 1010 g/mol. The van der Waals surface area contributed by atoms with Gasteiger partial charge in [-0.05, 0) is 176 Å². The van der Waals surface area contributed by atoms with Gasteiger partial charge in [0, 0.05) is 61.2 Å². The largest absolute Gasteiger partial charge is 0.455 e. The van der Waals surface area contributed by atoms with Crippen molar-refractivity contribution < 1.29 is 8.83 Å². The van der Waals surface area contributed by atoms with E-state index >= 15 is 0 Å². The molecule has 382 valence electrons. The Morgan fingerprint density at radius 2 is 0.590 bits per heavy atom. The molecule has 0 aliphatic rings. The zero-order valence-electron chi connectivity index (χ0n) is 45.8. The monoisotopic (exact) mass is 1010 g/mol. The van der Waals surface area contributed by atoms with Gasteiger partial charge in [-0.3, -0.25) is 0 Å². The Morgan fingerprint density at radius 3 is 0.910 bits per heavy atom. The lowest BCUT2D eigenvalue weighted by Gasteiger charge is -2.26. The summed E-state index contributed by atoms with van der Waals surface area (Å²) in [5, 5.41) is 8.76. The van der Waals surface area contributed by atoms with E-state index in [-0.39, 0.29) is 0 Å². The molecule has 0 unspecified atom stereocenters. The molecule has 0 bridgehead atoms. The van der Waals surface area contributed by atoms with Crippen LogP contribution in [0.3, 0.4) is 0 Å². The number of hydrogen-bond donors (Lipinski definition) is 0. The molecule has 4 nitrogen and oxygen atoms in total. The summed E-state index contributed by atoms with van der Waals surface area (Å²) in [4.78, 5) is 4.74. The maximum Gasteiger partial charge on any atom is 0.147 e. The summed E-state index contributed by atoms with van der Waals surface area (Å²) in [5.74, 6) is 1.78. The van der Waals surface area contributed by atoms with Crippen molar-refractivity contribution in [3.05, 3.63) is 241 Å². The Hall–Kier alpha value is -8.86. The molecule has 0 atom stereocenters. The summed E-state index contributed by atoms with van der Waals surface area (Å²) < 4.78 is 14.6. The van der Waals surface area contributed by atoms with Crippen molar-refractivity contribution >= 4 is 99.5 Å².